The summed E-state index contributed by atoms with van der Waals surface area (Å²) in [4.78, 5) is 22.6. The number of benzene rings is 1. The Kier molecular flexibility index (Phi) is 6.07. The lowest BCUT2D eigenvalue weighted by Gasteiger charge is -2.07. The number of likely N-dealkylation sites (N-methyl/N-ethyl adjacent to an activating group) is 1. The van der Waals surface area contributed by atoms with Crippen molar-refractivity contribution in [1.82, 2.24) is 10.0 Å². The van der Waals surface area contributed by atoms with Gasteiger partial charge in [-0.2, -0.15) is 0 Å². The number of hydrogen-bond acceptors (Lipinski definition) is 5. The molecule has 0 heterocycles. The SMILES string of the molecule is C=CCNS(=O)(=O)c1cccc(C(=O)OCC(=O)NC)c1. The molecule has 114 valence electrons. The lowest BCUT2D eigenvalue weighted by Crippen LogP contribution is -2.25. The van der Waals surface area contributed by atoms with E-state index in [1.807, 2.05) is 0 Å². The Hall–Kier alpha value is -2.19. The molecule has 0 fully saturated rings. The third-order valence-electron chi connectivity index (χ3n) is 2.41. The summed E-state index contributed by atoms with van der Waals surface area (Å²) in [5.74, 6) is -1.24. The van der Waals surface area contributed by atoms with Crippen LogP contribution in [0.25, 0.3) is 0 Å². The molecule has 0 saturated carbocycles. The van der Waals surface area contributed by atoms with Gasteiger partial charge in [0.15, 0.2) is 6.61 Å². The summed E-state index contributed by atoms with van der Waals surface area (Å²) in [6, 6.07) is 5.34. The van der Waals surface area contributed by atoms with Crippen LogP contribution in [0.3, 0.4) is 0 Å². The van der Waals surface area contributed by atoms with Gasteiger partial charge in [0, 0.05) is 13.6 Å². The van der Waals surface area contributed by atoms with Gasteiger partial charge in [-0.25, -0.2) is 17.9 Å². The quantitative estimate of drug-likeness (QED) is 0.547. The maximum absolute atomic E-state index is 11.9. The Labute approximate surface area is 123 Å². The first-order chi connectivity index (χ1) is 9.90. The van der Waals surface area contributed by atoms with Crippen molar-refractivity contribution in [3.63, 3.8) is 0 Å². The lowest BCUT2D eigenvalue weighted by molar-refractivity contribution is -0.123. The van der Waals surface area contributed by atoms with Gasteiger partial charge in [-0.15, -0.1) is 6.58 Å². The number of amides is 1. The molecule has 0 bridgehead atoms. The molecule has 0 radical (unpaired) electrons. The van der Waals surface area contributed by atoms with Crippen molar-refractivity contribution in [2.75, 3.05) is 20.2 Å². The molecule has 21 heavy (non-hydrogen) atoms. The number of carbonyl (C=O) groups is 2. The normalized spacial score (nSPS) is 10.7. The van der Waals surface area contributed by atoms with Gasteiger partial charge >= 0.3 is 5.97 Å². The van der Waals surface area contributed by atoms with Gasteiger partial charge in [-0.05, 0) is 18.2 Å². The van der Waals surface area contributed by atoms with Crippen molar-refractivity contribution >= 4 is 21.9 Å². The predicted octanol–water partition coefficient (Wildman–Crippen LogP) is 0.0537. The second-order valence-electron chi connectivity index (χ2n) is 3.92. The lowest BCUT2D eigenvalue weighted by atomic mass is 10.2. The van der Waals surface area contributed by atoms with Crippen molar-refractivity contribution in [2.45, 2.75) is 4.90 Å². The van der Waals surface area contributed by atoms with Gasteiger partial charge in [-0.3, -0.25) is 4.79 Å². The minimum atomic E-state index is -3.72. The van der Waals surface area contributed by atoms with Crippen LogP contribution < -0.4 is 10.0 Å². The van der Waals surface area contributed by atoms with Crippen LogP contribution >= 0.6 is 0 Å². The van der Waals surface area contributed by atoms with Crippen LogP contribution in [0.1, 0.15) is 10.4 Å². The highest BCUT2D eigenvalue weighted by Gasteiger charge is 2.16. The van der Waals surface area contributed by atoms with E-state index in [4.69, 9.17) is 4.74 Å². The van der Waals surface area contributed by atoms with E-state index in [1.165, 1.54) is 37.4 Å². The molecule has 0 aliphatic carbocycles. The topological polar surface area (TPSA) is 102 Å². The molecule has 0 atom stereocenters. The van der Waals surface area contributed by atoms with E-state index in [0.29, 0.717) is 0 Å². The first-order valence-electron chi connectivity index (χ1n) is 5.99. The molecule has 1 aromatic carbocycles. The highest BCUT2D eigenvalue weighted by molar-refractivity contribution is 7.89. The number of ether oxygens (including phenoxy) is 1. The molecule has 7 nitrogen and oxygen atoms in total. The van der Waals surface area contributed by atoms with Crippen LogP contribution in [0.15, 0.2) is 41.8 Å². The molecule has 1 rings (SSSR count). The molecule has 0 aromatic heterocycles. The van der Waals surface area contributed by atoms with Gasteiger partial charge in [0.2, 0.25) is 10.0 Å². The number of carbonyl (C=O) groups excluding carboxylic acids is 2. The van der Waals surface area contributed by atoms with Gasteiger partial charge in [-0.1, -0.05) is 12.1 Å². The van der Waals surface area contributed by atoms with Crippen LogP contribution in [-0.2, 0) is 19.6 Å². The van der Waals surface area contributed by atoms with Crippen molar-refractivity contribution in [3.05, 3.63) is 42.5 Å². The Morgan fingerprint density at radius 1 is 1.38 bits per heavy atom. The molecule has 0 saturated heterocycles. The van der Waals surface area contributed by atoms with E-state index in [1.54, 1.807) is 0 Å². The van der Waals surface area contributed by atoms with Crippen LogP contribution in [0, 0.1) is 0 Å². The molecule has 1 amide bonds. The molecule has 0 aliphatic rings. The number of esters is 1. The van der Waals surface area contributed by atoms with E-state index in [0.717, 1.165) is 0 Å². The number of sulfonamides is 1. The largest absolute Gasteiger partial charge is 0.452 e. The zero-order chi connectivity index (χ0) is 15.9. The summed E-state index contributed by atoms with van der Waals surface area (Å²) in [5, 5.41) is 2.30. The molecule has 0 aliphatic heterocycles. The highest BCUT2D eigenvalue weighted by Crippen LogP contribution is 2.12. The molecule has 0 spiro atoms. The average molecular weight is 312 g/mol. The van der Waals surface area contributed by atoms with E-state index in [9.17, 15) is 18.0 Å². The monoisotopic (exact) mass is 312 g/mol. The van der Waals surface area contributed by atoms with Crippen molar-refractivity contribution < 1.29 is 22.7 Å². The molecule has 1 aromatic rings. The average Bonchev–Trinajstić information content (AvgIpc) is 2.50. The first kappa shape index (κ1) is 16.9. The molecule has 0 unspecified atom stereocenters. The highest BCUT2D eigenvalue weighted by atomic mass is 32.2. The molecule has 2 N–H and O–H groups in total. The number of hydrogen-bond donors (Lipinski definition) is 2. The Morgan fingerprint density at radius 3 is 2.71 bits per heavy atom. The third kappa shape index (κ3) is 5.01. The fourth-order valence-electron chi connectivity index (χ4n) is 1.33. The zero-order valence-electron chi connectivity index (χ0n) is 11.5. The molecular weight excluding hydrogens is 296 g/mol. The van der Waals surface area contributed by atoms with Crippen LogP contribution in [0.2, 0.25) is 0 Å². The second kappa shape index (κ2) is 7.55. The third-order valence-corrected chi connectivity index (χ3v) is 3.83. The number of rotatable bonds is 7. The summed E-state index contributed by atoms with van der Waals surface area (Å²) < 4.78 is 30.8. The van der Waals surface area contributed by atoms with E-state index in [-0.39, 0.29) is 17.0 Å². The maximum Gasteiger partial charge on any atom is 0.338 e. The standard InChI is InChI=1S/C13H16N2O5S/c1-3-7-15-21(18,19)11-6-4-5-10(8-11)13(17)20-9-12(16)14-2/h3-6,8,15H,1,7,9H2,2H3,(H,14,16). The van der Waals surface area contributed by atoms with Crippen LogP contribution in [0.5, 0.6) is 0 Å². The minimum Gasteiger partial charge on any atom is -0.452 e. The van der Waals surface area contributed by atoms with E-state index in [2.05, 4.69) is 16.6 Å². The van der Waals surface area contributed by atoms with Crippen molar-refractivity contribution in [1.29, 1.82) is 0 Å². The smallest absolute Gasteiger partial charge is 0.338 e. The Balaban J connectivity index is 2.87. The van der Waals surface area contributed by atoms with E-state index < -0.39 is 28.5 Å². The molecular formula is C13H16N2O5S. The van der Waals surface area contributed by atoms with Gasteiger partial charge in [0.25, 0.3) is 5.91 Å². The van der Waals surface area contributed by atoms with Gasteiger partial charge < -0.3 is 10.1 Å². The summed E-state index contributed by atoms with van der Waals surface area (Å²) in [6.07, 6.45) is 1.40. The second-order valence-corrected chi connectivity index (χ2v) is 5.68. The zero-order valence-corrected chi connectivity index (χ0v) is 12.3. The van der Waals surface area contributed by atoms with Gasteiger partial charge in [0.1, 0.15) is 0 Å². The summed E-state index contributed by atoms with van der Waals surface area (Å²) in [5.41, 5.74) is 0.0420. The Bertz CT molecular complexity index is 640. The fourth-order valence-corrected chi connectivity index (χ4v) is 2.37. The summed E-state index contributed by atoms with van der Waals surface area (Å²) in [7, 11) is -2.31. The Morgan fingerprint density at radius 2 is 2.10 bits per heavy atom. The maximum atomic E-state index is 11.9. The predicted molar refractivity (Wildman–Crippen MR) is 76.2 cm³/mol. The van der Waals surface area contributed by atoms with Crippen molar-refractivity contribution in [3.8, 4) is 0 Å². The van der Waals surface area contributed by atoms with Crippen molar-refractivity contribution in [2.24, 2.45) is 0 Å². The summed E-state index contributed by atoms with van der Waals surface area (Å²) >= 11 is 0. The summed E-state index contributed by atoms with van der Waals surface area (Å²) in [6.45, 7) is 3.06. The minimum absolute atomic E-state index is 0.0420. The van der Waals surface area contributed by atoms with Gasteiger partial charge in [0.05, 0.1) is 10.5 Å². The molecule has 8 heteroatoms. The van der Waals surface area contributed by atoms with Crippen LogP contribution in [0.4, 0.5) is 0 Å². The first-order valence-corrected chi connectivity index (χ1v) is 7.47. The fraction of sp³-hybridized carbons (Fsp3) is 0.231. The number of nitrogens with one attached hydrogen (secondary N) is 2. The van der Waals surface area contributed by atoms with Crippen LogP contribution in [-0.4, -0.2) is 40.5 Å². The van der Waals surface area contributed by atoms with E-state index >= 15 is 0 Å².